The van der Waals surface area contributed by atoms with Crippen molar-refractivity contribution in [3.8, 4) is 0 Å². The zero-order valence-electron chi connectivity index (χ0n) is 21.8. The van der Waals surface area contributed by atoms with Gasteiger partial charge in [0.15, 0.2) is 14.3 Å². The highest BCUT2D eigenvalue weighted by molar-refractivity contribution is 7.85. The number of nitrogens with zero attached hydrogens (tertiary/aromatic N) is 2. The van der Waals surface area contributed by atoms with Crippen LogP contribution in [0.3, 0.4) is 0 Å². The van der Waals surface area contributed by atoms with Gasteiger partial charge >= 0.3 is 0 Å². The van der Waals surface area contributed by atoms with E-state index in [9.17, 15) is 9.13 Å². The third kappa shape index (κ3) is 5.38. The molecular weight excluding hydrogens is 530 g/mol. The van der Waals surface area contributed by atoms with E-state index >= 15 is 0 Å². The van der Waals surface area contributed by atoms with Crippen molar-refractivity contribution in [1.29, 1.82) is 0 Å². The molecule has 5 aromatic rings. The average Bonchev–Trinajstić information content (AvgIpc) is 3.04. The molecule has 0 aliphatic carbocycles. The van der Waals surface area contributed by atoms with Gasteiger partial charge in [0.25, 0.3) is 0 Å². The molecule has 0 saturated heterocycles. The van der Waals surface area contributed by atoms with Crippen LogP contribution >= 0.6 is 14.3 Å². The van der Waals surface area contributed by atoms with Crippen molar-refractivity contribution < 1.29 is 9.13 Å². The summed E-state index contributed by atoms with van der Waals surface area (Å²) in [4.78, 5) is 9.53. The van der Waals surface area contributed by atoms with Crippen molar-refractivity contribution >= 4 is 47.2 Å². The highest BCUT2D eigenvalue weighted by Crippen LogP contribution is 2.52. The predicted molar refractivity (Wildman–Crippen MR) is 169 cm³/mol. The van der Waals surface area contributed by atoms with E-state index in [0.29, 0.717) is 37.8 Å². The van der Waals surface area contributed by atoms with E-state index in [2.05, 4.69) is 6.58 Å². The van der Waals surface area contributed by atoms with Gasteiger partial charge in [-0.25, -0.2) is 4.98 Å². The van der Waals surface area contributed by atoms with Crippen LogP contribution in [0.1, 0.15) is 5.69 Å². The lowest BCUT2D eigenvalue weighted by Crippen LogP contribution is -2.27. The maximum absolute atomic E-state index is 14.8. The quantitative estimate of drug-likeness (QED) is 0.123. The smallest absolute Gasteiger partial charge is 0.188 e. The summed E-state index contributed by atoms with van der Waals surface area (Å²) in [6, 6.07) is 42.9. The second-order valence-electron chi connectivity index (χ2n) is 9.00. The van der Waals surface area contributed by atoms with E-state index in [1.165, 1.54) is 0 Å². The highest BCUT2D eigenvalue weighted by Gasteiger charge is 2.32. The summed E-state index contributed by atoms with van der Waals surface area (Å²) < 4.78 is 29.6. The van der Waals surface area contributed by atoms with Gasteiger partial charge in [-0.1, -0.05) is 140 Å². The molecule has 196 valence electrons. The first-order valence-electron chi connectivity index (χ1n) is 12.8. The monoisotopic (exact) mass is 558 g/mol. The second kappa shape index (κ2) is 12.2. The molecule has 40 heavy (non-hydrogen) atoms. The van der Waals surface area contributed by atoms with Crippen LogP contribution in [-0.4, -0.2) is 11.2 Å². The Kier molecular flexibility index (Phi) is 8.31. The van der Waals surface area contributed by atoms with Crippen molar-refractivity contribution in [1.82, 2.24) is 4.98 Å². The molecule has 0 saturated carbocycles. The Balaban J connectivity index is 1.61. The second-order valence-corrected chi connectivity index (χ2v) is 14.4. The fourth-order valence-corrected chi connectivity index (χ4v) is 9.64. The van der Waals surface area contributed by atoms with E-state index in [4.69, 9.17) is 9.98 Å². The molecule has 4 nitrogen and oxygen atoms in total. The zero-order valence-corrected chi connectivity index (χ0v) is 23.6. The lowest BCUT2D eigenvalue weighted by atomic mass is 10.4. The van der Waals surface area contributed by atoms with Crippen LogP contribution in [0.2, 0.25) is 0 Å². The van der Waals surface area contributed by atoms with Crippen LogP contribution in [-0.2, 0) is 9.13 Å². The van der Waals surface area contributed by atoms with Crippen molar-refractivity contribution in [3.05, 3.63) is 169 Å². The number of aliphatic imine (C=N–C) groups is 1. The Hall–Kier alpha value is -4.36. The number of aromatic nitrogens is 1. The number of allylic oxidation sites excluding steroid dienone is 2. The average molecular weight is 559 g/mol. The Bertz CT molecular complexity index is 1660. The maximum atomic E-state index is 14.8. The molecule has 0 fully saturated rings. The summed E-state index contributed by atoms with van der Waals surface area (Å²) in [6.07, 6.45) is 4.85. The van der Waals surface area contributed by atoms with Crippen molar-refractivity contribution in [2.45, 2.75) is 0 Å². The van der Waals surface area contributed by atoms with Gasteiger partial charge in [-0.15, -0.1) is 0 Å². The minimum Gasteiger partial charge on any atom is -0.307 e. The molecule has 0 unspecified atom stereocenters. The normalized spacial score (nSPS) is 12.3. The third-order valence-electron chi connectivity index (χ3n) is 6.48. The Morgan fingerprint density at radius 2 is 1.05 bits per heavy atom. The van der Waals surface area contributed by atoms with Gasteiger partial charge in [0.05, 0.1) is 11.9 Å². The summed E-state index contributed by atoms with van der Waals surface area (Å²) in [7, 11) is -6.57. The number of hydrogen-bond donors (Lipinski definition) is 0. The van der Waals surface area contributed by atoms with Gasteiger partial charge in [-0.2, -0.15) is 0 Å². The molecule has 0 aliphatic rings. The Labute approximate surface area is 235 Å². The fraction of sp³-hybridized carbons (Fsp3) is 0. The number of hydrogen-bond acceptors (Lipinski definition) is 4. The number of benzene rings is 4. The predicted octanol–water partition coefficient (Wildman–Crippen LogP) is 6.18. The fourth-order valence-electron chi connectivity index (χ4n) is 4.53. The lowest BCUT2D eigenvalue weighted by molar-refractivity contribution is 0.590. The molecule has 0 bridgehead atoms. The van der Waals surface area contributed by atoms with E-state index < -0.39 is 14.3 Å². The third-order valence-corrected chi connectivity index (χ3v) is 12.4. The summed E-state index contributed by atoms with van der Waals surface area (Å²) in [5.41, 5.74) is 1.34. The van der Waals surface area contributed by atoms with Gasteiger partial charge in [-0.3, -0.25) is 4.99 Å². The highest BCUT2D eigenvalue weighted by atomic mass is 31.2. The molecule has 0 aliphatic heterocycles. The van der Waals surface area contributed by atoms with Crippen molar-refractivity contribution in [2.24, 2.45) is 4.99 Å². The minimum absolute atomic E-state index is 0.376. The summed E-state index contributed by atoms with van der Waals surface area (Å²) in [6.45, 7) is 3.85. The Morgan fingerprint density at radius 3 is 1.50 bits per heavy atom. The summed E-state index contributed by atoms with van der Waals surface area (Å²) in [5, 5.41) is 2.75. The molecule has 4 aromatic carbocycles. The van der Waals surface area contributed by atoms with Gasteiger partial charge in [0.1, 0.15) is 10.9 Å². The standard InChI is InChI=1S/C34H28N2O2P2/c1-2-16-33(39(37,29-18-7-3-8-19-29)30-20-9-4-10-21-30)35-27-28-17-15-26-34(36-28)40(38,31-22-11-5-12-23-31)32-24-13-6-14-25-32/h2-27H,1H2/b33-16+,35-27?. The minimum atomic E-state index is -3.32. The maximum Gasteiger partial charge on any atom is 0.188 e. The molecule has 0 radical (unpaired) electrons. The molecule has 5 rings (SSSR count). The van der Waals surface area contributed by atoms with E-state index in [1.807, 2.05) is 127 Å². The molecule has 0 spiro atoms. The van der Waals surface area contributed by atoms with Crippen LogP contribution in [0, 0.1) is 0 Å². The summed E-state index contributed by atoms with van der Waals surface area (Å²) >= 11 is 0. The topological polar surface area (TPSA) is 59.4 Å². The largest absolute Gasteiger partial charge is 0.307 e. The van der Waals surface area contributed by atoms with Gasteiger partial charge in [0, 0.05) is 21.2 Å². The molecule has 6 heteroatoms. The van der Waals surface area contributed by atoms with Gasteiger partial charge < -0.3 is 9.13 Å². The summed E-state index contributed by atoms with van der Waals surface area (Å²) in [5.74, 6) is 0. The zero-order chi connectivity index (χ0) is 27.8. The van der Waals surface area contributed by atoms with Crippen LogP contribution < -0.4 is 26.7 Å². The lowest BCUT2D eigenvalue weighted by Gasteiger charge is -2.20. The van der Waals surface area contributed by atoms with Crippen LogP contribution in [0.4, 0.5) is 0 Å². The SMILES string of the molecule is C=C/C=C(\N=Cc1cccc(P(=O)(c2ccccc2)c2ccccc2)n1)P(=O)(c1ccccc1)c1ccccc1. The molecule has 1 aromatic heterocycles. The molecule has 1 heterocycles. The van der Waals surface area contributed by atoms with Crippen LogP contribution in [0.25, 0.3) is 0 Å². The first-order chi connectivity index (χ1) is 19.6. The molecule has 0 N–H and O–H groups in total. The first kappa shape index (κ1) is 27.2. The number of rotatable bonds is 9. The molecular formula is C34H28N2O2P2. The van der Waals surface area contributed by atoms with Crippen LogP contribution in [0.15, 0.2) is 169 Å². The molecule has 0 amide bonds. The van der Waals surface area contributed by atoms with E-state index in [0.717, 1.165) is 0 Å². The van der Waals surface area contributed by atoms with Crippen molar-refractivity contribution in [2.75, 3.05) is 0 Å². The van der Waals surface area contributed by atoms with E-state index in [-0.39, 0.29) is 0 Å². The van der Waals surface area contributed by atoms with Crippen molar-refractivity contribution in [3.63, 3.8) is 0 Å². The Morgan fingerprint density at radius 1 is 0.600 bits per heavy atom. The number of pyridine rings is 1. The molecule has 0 atom stereocenters. The van der Waals surface area contributed by atoms with Crippen LogP contribution in [0.5, 0.6) is 0 Å². The van der Waals surface area contributed by atoms with Gasteiger partial charge in [0.2, 0.25) is 0 Å². The van der Waals surface area contributed by atoms with Gasteiger partial charge in [-0.05, 0) is 18.2 Å². The first-order valence-corrected chi connectivity index (χ1v) is 16.3. The van der Waals surface area contributed by atoms with E-state index in [1.54, 1.807) is 30.5 Å².